The topological polar surface area (TPSA) is 62.2 Å². The number of carbonyl (C=O) groups excluding carboxylic acids is 1. The zero-order valence-electron chi connectivity index (χ0n) is 23.4. The smallest absolute Gasteiger partial charge is 0.226 e. The van der Waals surface area contributed by atoms with E-state index >= 15 is 0 Å². The third-order valence-electron chi connectivity index (χ3n) is 7.51. The van der Waals surface area contributed by atoms with Gasteiger partial charge in [-0.05, 0) is 86.1 Å². The number of para-hydroxylation sites is 1. The molecule has 1 aliphatic rings. The predicted octanol–water partition coefficient (Wildman–Crippen LogP) is 7.48. The summed E-state index contributed by atoms with van der Waals surface area (Å²) in [5, 5.41) is 7.50. The molecule has 1 saturated heterocycles. The van der Waals surface area contributed by atoms with Crippen molar-refractivity contribution in [2.75, 3.05) is 10.2 Å². The van der Waals surface area contributed by atoms with Crippen LogP contribution in [0, 0.1) is 19.8 Å². The van der Waals surface area contributed by atoms with Crippen LogP contribution in [0.4, 0.5) is 11.4 Å². The van der Waals surface area contributed by atoms with E-state index in [1.54, 1.807) is 0 Å². The van der Waals surface area contributed by atoms with Gasteiger partial charge in [0.05, 0.1) is 28.5 Å². The normalized spacial score (nSPS) is 16.9. The minimum atomic E-state index is -0.178. The summed E-state index contributed by atoms with van der Waals surface area (Å²) in [4.78, 5) is 19.1. The molecule has 1 fully saturated rings. The van der Waals surface area contributed by atoms with E-state index in [-0.39, 0.29) is 23.9 Å². The highest BCUT2D eigenvalue weighted by atomic mass is 35.5. The number of hydrogen-bond donors (Lipinski definition) is 2. The number of anilines is 2. The van der Waals surface area contributed by atoms with Gasteiger partial charge in [-0.25, -0.2) is 0 Å². The van der Waals surface area contributed by atoms with Crippen LogP contribution in [0.1, 0.15) is 61.1 Å². The first-order valence-corrected chi connectivity index (χ1v) is 14.4. The van der Waals surface area contributed by atoms with Crippen LogP contribution in [0.2, 0.25) is 5.02 Å². The van der Waals surface area contributed by atoms with Gasteiger partial charge < -0.3 is 20.1 Å². The van der Waals surface area contributed by atoms with Gasteiger partial charge in [0.25, 0.3) is 0 Å². The molecule has 40 heavy (non-hydrogen) atoms. The average Bonchev–Trinajstić information content (AvgIpc) is 3.44. The number of pyridine rings is 1. The second-order valence-corrected chi connectivity index (χ2v) is 11.2. The summed E-state index contributed by atoms with van der Waals surface area (Å²) in [6, 6.07) is 22.0. The lowest BCUT2D eigenvalue weighted by atomic mass is 9.96. The van der Waals surface area contributed by atoms with Crippen LogP contribution in [0.15, 0.2) is 72.9 Å². The van der Waals surface area contributed by atoms with E-state index in [4.69, 9.17) is 28.8 Å². The Kier molecular flexibility index (Phi) is 7.97. The Labute approximate surface area is 246 Å². The molecule has 8 heteroatoms. The SMILES string of the molecule is CCc1ccccc1-n1c(C)cc(C2C(c3ccccn3)NC(=S)N2c2ccc(NC(=O)C(C)C)c(Cl)c2)c1C. The maximum atomic E-state index is 12.3. The predicted molar refractivity (Wildman–Crippen MR) is 167 cm³/mol. The van der Waals surface area contributed by atoms with Crippen LogP contribution in [0.3, 0.4) is 0 Å². The van der Waals surface area contributed by atoms with Crippen LogP contribution in [-0.2, 0) is 11.2 Å². The Bertz CT molecular complexity index is 1570. The van der Waals surface area contributed by atoms with Crippen molar-refractivity contribution in [1.82, 2.24) is 14.9 Å². The molecule has 0 radical (unpaired) electrons. The van der Waals surface area contributed by atoms with Crippen molar-refractivity contribution in [2.24, 2.45) is 5.92 Å². The van der Waals surface area contributed by atoms with Gasteiger partial charge in [0.2, 0.25) is 5.91 Å². The van der Waals surface area contributed by atoms with Gasteiger partial charge in [-0.3, -0.25) is 9.78 Å². The highest BCUT2D eigenvalue weighted by molar-refractivity contribution is 7.80. The number of aromatic nitrogens is 2. The standard InChI is InChI=1S/C32H34ClN5OS/c1-6-22-11-7-8-13-28(22)37-20(4)17-24(21(37)5)30-29(27-12-9-10-16-34-27)36-32(40)38(30)23-14-15-26(25(33)18-23)35-31(39)19(2)3/h7-19,29-30H,6H2,1-5H3,(H,35,39)(H,36,40). The maximum Gasteiger partial charge on any atom is 0.226 e. The molecule has 0 bridgehead atoms. The van der Waals surface area contributed by atoms with Crippen LogP contribution >= 0.6 is 23.8 Å². The quantitative estimate of drug-likeness (QED) is 0.225. The lowest BCUT2D eigenvalue weighted by molar-refractivity contribution is -0.118. The molecule has 0 aliphatic carbocycles. The maximum absolute atomic E-state index is 12.3. The van der Waals surface area contributed by atoms with E-state index in [1.165, 1.54) is 11.3 Å². The molecule has 2 N–H and O–H groups in total. The third kappa shape index (κ3) is 5.11. The molecule has 0 saturated carbocycles. The number of hydrogen-bond acceptors (Lipinski definition) is 3. The van der Waals surface area contributed by atoms with Crippen LogP contribution in [0.25, 0.3) is 5.69 Å². The molecule has 5 rings (SSSR count). The Balaban J connectivity index is 1.63. The third-order valence-corrected chi connectivity index (χ3v) is 8.14. The van der Waals surface area contributed by atoms with E-state index in [0.29, 0.717) is 15.8 Å². The molecular weight excluding hydrogens is 538 g/mol. The van der Waals surface area contributed by atoms with Crippen molar-refractivity contribution in [3.05, 3.63) is 106 Å². The summed E-state index contributed by atoms with van der Waals surface area (Å²) in [6.07, 6.45) is 2.75. The number of nitrogens with zero attached hydrogens (tertiary/aromatic N) is 3. The molecule has 6 nitrogen and oxygen atoms in total. The number of thiocarbonyl (C=S) groups is 1. The second kappa shape index (κ2) is 11.4. The number of nitrogens with one attached hydrogen (secondary N) is 2. The van der Waals surface area contributed by atoms with E-state index in [2.05, 4.69) is 71.2 Å². The first-order valence-electron chi connectivity index (χ1n) is 13.6. The fraction of sp³-hybridized carbons (Fsp3) is 0.281. The molecule has 2 unspecified atom stereocenters. The molecule has 2 aromatic heterocycles. The molecule has 206 valence electrons. The average molecular weight is 572 g/mol. The van der Waals surface area contributed by atoms with Crippen molar-refractivity contribution in [3.8, 4) is 5.69 Å². The van der Waals surface area contributed by atoms with Crippen LogP contribution < -0.4 is 15.5 Å². The summed E-state index contributed by atoms with van der Waals surface area (Å²) in [6.45, 7) is 10.2. The minimum absolute atomic E-state index is 0.0825. The Morgan fingerprint density at radius 3 is 2.52 bits per heavy atom. The van der Waals surface area contributed by atoms with Crippen molar-refractivity contribution in [1.29, 1.82) is 0 Å². The van der Waals surface area contributed by atoms with Gasteiger partial charge in [0, 0.05) is 34.9 Å². The van der Waals surface area contributed by atoms with E-state index in [9.17, 15) is 4.79 Å². The summed E-state index contributed by atoms with van der Waals surface area (Å²) >= 11 is 12.6. The van der Waals surface area contributed by atoms with E-state index < -0.39 is 0 Å². The largest absolute Gasteiger partial charge is 0.351 e. The number of carbonyl (C=O) groups is 1. The van der Waals surface area contributed by atoms with Crippen molar-refractivity contribution in [2.45, 2.75) is 53.1 Å². The van der Waals surface area contributed by atoms with Crippen molar-refractivity contribution in [3.63, 3.8) is 0 Å². The van der Waals surface area contributed by atoms with Gasteiger partial charge in [-0.15, -0.1) is 0 Å². The van der Waals surface area contributed by atoms with E-state index in [1.807, 2.05) is 56.4 Å². The van der Waals surface area contributed by atoms with Crippen LogP contribution in [-0.4, -0.2) is 20.6 Å². The molecule has 1 aliphatic heterocycles. The van der Waals surface area contributed by atoms with Gasteiger partial charge in [0.1, 0.15) is 0 Å². The zero-order chi connectivity index (χ0) is 28.6. The van der Waals surface area contributed by atoms with Gasteiger partial charge in [0.15, 0.2) is 5.11 Å². The van der Waals surface area contributed by atoms with Gasteiger partial charge >= 0.3 is 0 Å². The summed E-state index contributed by atoms with van der Waals surface area (Å²) in [5.74, 6) is -0.233. The molecule has 4 aromatic rings. The van der Waals surface area contributed by atoms with E-state index in [0.717, 1.165) is 34.8 Å². The highest BCUT2D eigenvalue weighted by Crippen LogP contribution is 2.45. The second-order valence-electron chi connectivity index (χ2n) is 10.4. The van der Waals surface area contributed by atoms with Crippen LogP contribution in [0.5, 0.6) is 0 Å². The molecule has 1 amide bonds. The first-order chi connectivity index (χ1) is 19.2. The van der Waals surface area contributed by atoms with Crippen molar-refractivity contribution >= 4 is 46.2 Å². The lowest BCUT2D eigenvalue weighted by Crippen LogP contribution is -2.29. The molecular formula is C32H34ClN5OS. The number of amides is 1. The summed E-state index contributed by atoms with van der Waals surface area (Å²) in [5.41, 5.74) is 8.25. The van der Waals surface area contributed by atoms with Gasteiger partial charge in [-0.1, -0.05) is 56.6 Å². The van der Waals surface area contributed by atoms with Gasteiger partial charge in [-0.2, -0.15) is 0 Å². The highest BCUT2D eigenvalue weighted by Gasteiger charge is 2.42. The molecule has 2 aromatic carbocycles. The fourth-order valence-electron chi connectivity index (χ4n) is 5.47. The number of aryl methyl sites for hydroxylation is 2. The minimum Gasteiger partial charge on any atom is -0.351 e. The first kappa shape index (κ1) is 27.9. The number of halogens is 1. The Morgan fingerprint density at radius 1 is 1.10 bits per heavy atom. The molecule has 3 heterocycles. The summed E-state index contributed by atoms with van der Waals surface area (Å²) < 4.78 is 2.33. The number of rotatable bonds is 7. The molecule has 0 spiro atoms. The number of benzene rings is 2. The Morgan fingerprint density at radius 2 is 1.85 bits per heavy atom. The monoisotopic (exact) mass is 571 g/mol. The lowest BCUT2D eigenvalue weighted by Gasteiger charge is -2.28. The summed E-state index contributed by atoms with van der Waals surface area (Å²) in [7, 11) is 0. The zero-order valence-corrected chi connectivity index (χ0v) is 25.0. The molecule has 2 atom stereocenters. The van der Waals surface area contributed by atoms with Crippen molar-refractivity contribution < 1.29 is 4.79 Å². The fourth-order valence-corrected chi connectivity index (χ4v) is 6.03. The Hall–Kier alpha value is -3.68.